The number of ether oxygens (including phenoxy) is 2. The highest BCUT2D eigenvalue weighted by atomic mass is 16.5. The molecule has 3 aromatic rings. The lowest BCUT2D eigenvalue weighted by Gasteiger charge is -2.17. The molecule has 176 valence electrons. The number of hydrogen-bond acceptors (Lipinski definition) is 5. The van der Waals surface area contributed by atoms with Crippen LogP contribution in [0.4, 0.5) is 4.79 Å². The third kappa shape index (κ3) is 3.88. The summed E-state index contributed by atoms with van der Waals surface area (Å²) in [5.41, 5.74) is 8.18. The Morgan fingerprint density at radius 2 is 1.57 bits per heavy atom. The third-order valence-corrected chi connectivity index (χ3v) is 7.02. The highest BCUT2D eigenvalue weighted by molar-refractivity contribution is 6.04. The van der Waals surface area contributed by atoms with Crippen molar-refractivity contribution in [1.82, 2.24) is 10.6 Å². The van der Waals surface area contributed by atoms with Gasteiger partial charge in [-0.15, -0.1) is 0 Å². The van der Waals surface area contributed by atoms with Crippen LogP contribution in [0.1, 0.15) is 80.3 Å². The van der Waals surface area contributed by atoms with E-state index in [4.69, 9.17) is 10.1 Å². The zero-order valence-corrected chi connectivity index (χ0v) is 19.3. The molecule has 1 fully saturated rings. The fraction of sp³-hybridized carbons (Fsp3) is 0.250. The van der Waals surface area contributed by atoms with Gasteiger partial charge in [0, 0.05) is 17.7 Å². The second kappa shape index (κ2) is 8.36. The Labute approximate surface area is 203 Å². The molecule has 2 atom stereocenters. The first-order valence-electron chi connectivity index (χ1n) is 11.8. The monoisotopic (exact) mass is 467 g/mol. The summed E-state index contributed by atoms with van der Waals surface area (Å²) < 4.78 is 10.8. The molecule has 2 aliphatic heterocycles. The Balaban J connectivity index is 1.13. The van der Waals surface area contributed by atoms with Crippen LogP contribution >= 0.6 is 0 Å². The lowest BCUT2D eigenvalue weighted by Crippen LogP contribution is -2.30. The van der Waals surface area contributed by atoms with Crippen molar-refractivity contribution in [2.75, 3.05) is 7.11 Å². The van der Waals surface area contributed by atoms with E-state index in [0.29, 0.717) is 23.6 Å². The molecule has 7 nitrogen and oxygen atoms in total. The van der Waals surface area contributed by atoms with Gasteiger partial charge in [0.1, 0.15) is 18.0 Å². The third-order valence-electron chi connectivity index (χ3n) is 7.02. The number of carbonyl (C=O) groups is 2. The maximum Gasteiger partial charge on any atom is 0.412 e. The minimum absolute atomic E-state index is 0.0405. The van der Waals surface area contributed by atoms with E-state index in [9.17, 15) is 9.59 Å². The minimum Gasteiger partial charge on any atom is -0.453 e. The summed E-state index contributed by atoms with van der Waals surface area (Å²) in [6, 6.07) is 19.7. The van der Waals surface area contributed by atoms with Gasteiger partial charge in [-0.1, -0.05) is 48.5 Å². The van der Waals surface area contributed by atoms with Gasteiger partial charge in [-0.3, -0.25) is 15.5 Å². The van der Waals surface area contributed by atoms with Crippen LogP contribution in [-0.4, -0.2) is 24.9 Å². The minimum atomic E-state index is -0.689. The van der Waals surface area contributed by atoms with Crippen LogP contribution in [0, 0.1) is 5.41 Å². The number of nitrogens with one attached hydrogen (secondary N) is 3. The van der Waals surface area contributed by atoms with E-state index >= 15 is 0 Å². The average molecular weight is 468 g/mol. The largest absolute Gasteiger partial charge is 0.453 e. The Morgan fingerprint density at radius 1 is 0.914 bits per heavy atom. The molecule has 0 saturated heterocycles. The molecular formula is C28H25N3O4. The lowest BCUT2D eigenvalue weighted by atomic mass is 9.84. The van der Waals surface area contributed by atoms with Gasteiger partial charge in [0.05, 0.1) is 7.11 Å². The van der Waals surface area contributed by atoms with Gasteiger partial charge in [0.25, 0.3) is 5.91 Å². The van der Waals surface area contributed by atoms with Crippen LogP contribution in [0.2, 0.25) is 0 Å². The quantitative estimate of drug-likeness (QED) is 0.374. The molecule has 1 saturated carbocycles. The summed E-state index contributed by atoms with van der Waals surface area (Å²) in [6.45, 7) is 0.351. The van der Waals surface area contributed by atoms with Crippen molar-refractivity contribution < 1.29 is 19.1 Å². The molecule has 35 heavy (non-hydrogen) atoms. The Hall–Kier alpha value is -3.97. The normalized spacial score (nSPS) is 19.0. The summed E-state index contributed by atoms with van der Waals surface area (Å²) >= 11 is 0. The van der Waals surface area contributed by atoms with Gasteiger partial charge in [-0.05, 0) is 64.3 Å². The topological polar surface area (TPSA) is 101 Å². The fourth-order valence-corrected chi connectivity index (χ4v) is 4.97. The standard InChI is InChI=1S/C28H25N3O4/c1-34-28(33)31-26(29)17-4-2-15(3-5-17)14-30-27(32)19-9-11-21-23(13-19)25-22-12-18(16-6-7-16)8-10-20(22)24(21)35-25/h2-5,8-13,16,24-25H,6-7,14H2,1H3,(H,30,32)(H2,29,31,33)/t24-,25+/m0/s1. The molecule has 3 aliphatic rings. The number of carbonyl (C=O) groups excluding carboxylic acids is 2. The molecule has 2 heterocycles. The first-order valence-corrected chi connectivity index (χ1v) is 11.8. The van der Waals surface area contributed by atoms with Gasteiger partial charge < -0.3 is 14.8 Å². The van der Waals surface area contributed by atoms with Gasteiger partial charge in [0.15, 0.2) is 0 Å². The van der Waals surface area contributed by atoms with Crippen LogP contribution in [0.15, 0.2) is 60.7 Å². The fourth-order valence-electron chi connectivity index (χ4n) is 4.97. The molecule has 0 spiro atoms. The van der Waals surface area contributed by atoms with Crippen LogP contribution in [0.5, 0.6) is 0 Å². The van der Waals surface area contributed by atoms with Crippen molar-refractivity contribution in [3.05, 3.63) is 105 Å². The maximum absolute atomic E-state index is 12.9. The molecule has 1 aliphatic carbocycles. The highest BCUT2D eigenvalue weighted by Gasteiger charge is 2.43. The van der Waals surface area contributed by atoms with E-state index in [2.05, 4.69) is 33.6 Å². The van der Waals surface area contributed by atoms with Crippen LogP contribution < -0.4 is 10.6 Å². The second-order valence-electron chi connectivity index (χ2n) is 9.27. The lowest BCUT2D eigenvalue weighted by molar-refractivity contribution is 0.0857. The van der Waals surface area contributed by atoms with E-state index in [0.717, 1.165) is 16.7 Å². The number of amidine groups is 1. The maximum atomic E-state index is 12.9. The Kier molecular flexibility index (Phi) is 5.15. The van der Waals surface area contributed by atoms with E-state index in [1.807, 2.05) is 30.3 Å². The number of amides is 2. The predicted molar refractivity (Wildman–Crippen MR) is 130 cm³/mol. The summed E-state index contributed by atoms with van der Waals surface area (Å²) in [5.74, 6) is 0.499. The average Bonchev–Trinajstić information content (AvgIpc) is 3.59. The van der Waals surface area contributed by atoms with E-state index < -0.39 is 6.09 Å². The summed E-state index contributed by atoms with van der Waals surface area (Å²) in [6.07, 6.45) is 1.71. The Bertz CT molecular complexity index is 1360. The SMILES string of the molecule is COC(=O)NC(=N)c1ccc(CNC(=O)c2ccc3c(c2)[C@@H]2O[C@H]3c3ccc(C4CC4)cc32)cc1. The molecule has 7 heteroatoms. The zero-order chi connectivity index (χ0) is 24.1. The molecule has 0 unspecified atom stereocenters. The van der Waals surface area contributed by atoms with Crippen molar-refractivity contribution in [3.63, 3.8) is 0 Å². The smallest absolute Gasteiger partial charge is 0.412 e. The van der Waals surface area contributed by atoms with Crippen molar-refractivity contribution in [2.45, 2.75) is 37.5 Å². The van der Waals surface area contributed by atoms with Crippen molar-refractivity contribution in [2.24, 2.45) is 0 Å². The molecule has 2 amide bonds. The van der Waals surface area contributed by atoms with Gasteiger partial charge in [0.2, 0.25) is 0 Å². The summed E-state index contributed by atoms with van der Waals surface area (Å²) in [5, 5.41) is 13.2. The number of fused-ring (bicyclic) bond motifs is 8. The second-order valence-corrected chi connectivity index (χ2v) is 9.27. The Morgan fingerprint density at radius 3 is 2.29 bits per heavy atom. The first kappa shape index (κ1) is 21.6. The number of alkyl carbamates (subject to hydrolysis) is 1. The van der Waals surface area contributed by atoms with E-state index in [1.54, 1.807) is 12.1 Å². The number of benzene rings is 3. The van der Waals surface area contributed by atoms with E-state index in [1.165, 1.54) is 36.6 Å². The molecule has 6 rings (SSSR count). The van der Waals surface area contributed by atoms with Gasteiger partial charge in [-0.25, -0.2) is 4.79 Å². The van der Waals surface area contributed by atoms with Crippen molar-refractivity contribution >= 4 is 17.8 Å². The zero-order valence-electron chi connectivity index (χ0n) is 19.3. The summed E-state index contributed by atoms with van der Waals surface area (Å²) in [7, 11) is 1.25. The van der Waals surface area contributed by atoms with Crippen molar-refractivity contribution in [3.8, 4) is 0 Å². The summed E-state index contributed by atoms with van der Waals surface area (Å²) in [4.78, 5) is 24.2. The van der Waals surface area contributed by atoms with Gasteiger partial charge in [-0.2, -0.15) is 0 Å². The number of methoxy groups -OCH3 is 1. The molecule has 3 N–H and O–H groups in total. The predicted octanol–water partition coefficient (Wildman–Crippen LogP) is 4.70. The number of hydrogen-bond donors (Lipinski definition) is 3. The van der Waals surface area contributed by atoms with Crippen molar-refractivity contribution in [1.29, 1.82) is 5.41 Å². The van der Waals surface area contributed by atoms with Crippen LogP contribution in [0.25, 0.3) is 0 Å². The molecule has 0 aromatic heterocycles. The highest BCUT2D eigenvalue weighted by Crippen LogP contribution is 2.55. The van der Waals surface area contributed by atoms with Crippen LogP contribution in [0.3, 0.4) is 0 Å². The van der Waals surface area contributed by atoms with Crippen LogP contribution in [-0.2, 0) is 16.0 Å². The molecule has 2 bridgehead atoms. The molecule has 3 aromatic carbocycles. The first-order chi connectivity index (χ1) is 17.0. The van der Waals surface area contributed by atoms with E-state index in [-0.39, 0.29) is 24.0 Å². The molecule has 0 radical (unpaired) electrons. The number of rotatable bonds is 5. The molecular weight excluding hydrogens is 442 g/mol. The van der Waals surface area contributed by atoms with Gasteiger partial charge >= 0.3 is 6.09 Å².